The average molecular weight is 1790 g/mol. The van der Waals surface area contributed by atoms with Crippen molar-refractivity contribution in [3.8, 4) is 33.8 Å². The Bertz CT molecular complexity index is 7700. The lowest BCUT2D eigenvalue weighted by molar-refractivity contribution is -0.110. The van der Waals surface area contributed by atoms with Gasteiger partial charge in [-0.3, -0.25) is 23.7 Å². The molecule has 22 rings (SSSR count). The molecule has 0 radical (unpaired) electrons. The first kappa shape index (κ1) is 84.4. The van der Waals surface area contributed by atoms with E-state index < -0.39 is 58.4 Å². The monoisotopic (exact) mass is 1790 g/mol. The number of Topliss-reactive ketones (excluding diaryl/α,β-unsaturated/α-hetero) is 2. The van der Waals surface area contributed by atoms with Crippen LogP contribution in [-0.2, 0) is 62.4 Å². The van der Waals surface area contributed by atoms with Crippen molar-refractivity contribution in [1.29, 1.82) is 0 Å². The molecule has 6 atom stereocenters. The average Bonchev–Trinajstić information content (AvgIpc) is 0.960. The molecular formula is C98H88N8O18S4. The maximum absolute atomic E-state index is 15.2. The van der Waals surface area contributed by atoms with Gasteiger partial charge in [-0.05, 0) is 174 Å². The van der Waals surface area contributed by atoms with E-state index in [0.29, 0.717) is 96.9 Å². The fourth-order valence-electron chi connectivity index (χ4n) is 21.8. The van der Waals surface area contributed by atoms with Crippen molar-refractivity contribution in [2.45, 2.75) is 126 Å². The maximum Gasteiger partial charge on any atom is 0.425 e. The zero-order valence-electron chi connectivity index (χ0n) is 70.1. The summed E-state index contributed by atoms with van der Waals surface area (Å²) in [7, 11) is -14.8. The normalized spacial score (nSPS) is 23.2. The number of ketones is 2. The molecule has 26 nitrogen and oxygen atoms in total. The number of benzene rings is 12. The van der Waals surface area contributed by atoms with Gasteiger partial charge < -0.3 is 51.6 Å². The first-order valence-electron chi connectivity index (χ1n) is 42.6. The summed E-state index contributed by atoms with van der Waals surface area (Å²) in [5.74, 6) is 2.08. The quantitative estimate of drug-likeness (QED) is 0.0378. The number of aliphatic hydroxyl groups excluding tert-OH is 2. The Hall–Kier alpha value is -13.1. The molecule has 0 amide bonds. The minimum Gasteiger partial charge on any atom is -0.506 e. The molecule has 6 aliphatic carbocycles. The fourth-order valence-corrected chi connectivity index (χ4v) is 23.1. The van der Waals surface area contributed by atoms with E-state index in [9.17, 15) is 40.9 Å². The molecule has 4 aliphatic heterocycles. The lowest BCUT2D eigenvalue weighted by Crippen LogP contribution is -2.53. The van der Waals surface area contributed by atoms with Crippen LogP contribution < -0.4 is 62.5 Å². The number of nitrogens with zero attached hydrogens (tertiary/aromatic N) is 2. The lowest BCUT2D eigenvalue weighted by atomic mass is 9.74. The van der Waals surface area contributed by atoms with Crippen molar-refractivity contribution in [3.63, 3.8) is 0 Å². The number of aliphatic hydroxyl groups is 2. The van der Waals surface area contributed by atoms with Gasteiger partial charge in [0.05, 0.1) is 63.3 Å². The molecule has 4 spiro atoms. The van der Waals surface area contributed by atoms with Crippen molar-refractivity contribution in [1.82, 2.24) is 0 Å². The first-order chi connectivity index (χ1) is 61.3. The summed E-state index contributed by atoms with van der Waals surface area (Å²) in [4.78, 5) is 40.4. The summed E-state index contributed by atoms with van der Waals surface area (Å²) >= 11 is 0. The molecule has 30 heteroatoms. The van der Waals surface area contributed by atoms with Gasteiger partial charge in [-0.15, -0.1) is 25.3 Å². The van der Waals surface area contributed by atoms with Gasteiger partial charge in [0.1, 0.15) is 39.2 Å². The van der Waals surface area contributed by atoms with Gasteiger partial charge in [-0.1, -0.05) is 187 Å². The molecule has 12 aromatic carbocycles. The number of anilines is 6. The Labute approximate surface area is 739 Å². The van der Waals surface area contributed by atoms with Gasteiger partial charge in [0, 0.05) is 93.5 Å². The largest absolute Gasteiger partial charge is 0.506 e. The van der Waals surface area contributed by atoms with Crippen LogP contribution in [0.25, 0.3) is 87.6 Å². The summed E-state index contributed by atoms with van der Waals surface area (Å²) in [6.07, 6.45) is 8.30. The van der Waals surface area contributed by atoms with Gasteiger partial charge in [0.2, 0.25) is 11.6 Å². The van der Waals surface area contributed by atoms with Crippen LogP contribution in [0.5, 0.6) is 11.5 Å². The SMILES string of the molecule is CC1CC(C)CC2(C1)N=c1c(=C3C(=O)C(c4ccc5cccc6c5c4NC4(CC(C)CC(C)C4)N6)=C3O)ccc3c(S(=O)(=O)O)ccc(c13)N2.CCCCOc1ccc2c(c1)C1(N=c3c(=C4C(=O)C(c5ccc6cccc7c6c5NC5(N7)c6ccccc6-c6ccc(OCCCCS(=O)(=O)O)cc65)=C4O)ccc4cccc(c34)N1)c1ccccc1-2.O=S(=O)=O.O=S(=O)=O. The first-order valence-corrected chi connectivity index (χ1v) is 47.7. The summed E-state index contributed by atoms with van der Waals surface area (Å²) < 4.78 is 130. The minimum absolute atomic E-state index is 0.0981. The number of carbonyl (C=O) groups is 2. The Morgan fingerprint density at radius 2 is 0.898 bits per heavy atom. The minimum atomic E-state index is -4.55. The molecule has 0 saturated heterocycles. The number of unbranched alkanes of at least 4 members (excludes halogenated alkanes) is 2. The third-order valence-corrected chi connectivity index (χ3v) is 28.0. The summed E-state index contributed by atoms with van der Waals surface area (Å²) in [6.45, 7) is 12.0. The van der Waals surface area contributed by atoms with E-state index in [1.165, 1.54) is 6.07 Å². The number of nitrogens with one attached hydrogen (secondary N) is 6. The third-order valence-electron chi connectivity index (χ3n) is 26.3. The number of allylic oxidation sites excluding steroid dienone is 4. The predicted molar refractivity (Wildman–Crippen MR) is 491 cm³/mol. The molecular weight excluding hydrogens is 1710 g/mol. The van der Waals surface area contributed by atoms with Crippen molar-refractivity contribution in [2.75, 3.05) is 50.9 Å². The number of rotatable bonds is 13. The molecule has 4 heterocycles. The second-order valence-electron chi connectivity index (χ2n) is 35.2. The number of ether oxygens (including phenoxy) is 2. The van der Waals surface area contributed by atoms with Gasteiger partial charge in [0.25, 0.3) is 20.2 Å². The van der Waals surface area contributed by atoms with Gasteiger partial charge >= 0.3 is 21.2 Å². The Morgan fingerprint density at radius 3 is 1.47 bits per heavy atom. The van der Waals surface area contributed by atoms with Crippen molar-refractivity contribution in [2.24, 2.45) is 33.7 Å². The van der Waals surface area contributed by atoms with Crippen LogP contribution in [0.2, 0.25) is 0 Å². The van der Waals surface area contributed by atoms with Crippen molar-refractivity contribution < 1.29 is 80.5 Å². The van der Waals surface area contributed by atoms with E-state index in [0.717, 1.165) is 157 Å². The highest BCUT2D eigenvalue weighted by Gasteiger charge is 2.51. The van der Waals surface area contributed by atoms with Crippen LogP contribution >= 0.6 is 0 Å². The van der Waals surface area contributed by atoms with Crippen LogP contribution in [0.1, 0.15) is 132 Å². The van der Waals surface area contributed by atoms with E-state index >= 15 is 4.79 Å². The highest BCUT2D eigenvalue weighted by molar-refractivity contribution is 7.86. The smallest absolute Gasteiger partial charge is 0.425 e. The van der Waals surface area contributed by atoms with E-state index in [4.69, 9.17) is 44.7 Å². The Morgan fingerprint density at radius 1 is 0.430 bits per heavy atom. The Kier molecular flexibility index (Phi) is 20.9. The molecule has 6 unspecified atom stereocenters. The summed E-state index contributed by atoms with van der Waals surface area (Å²) in [5.41, 5.74) is 11.9. The van der Waals surface area contributed by atoms with E-state index in [-0.39, 0.29) is 74.7 Å². The number of hydrogen-bond acceptors (Lipinski definition) is 24. The van der Waals surface area contributed by atoms with Crippen LogP contribution in [-0.4, -0.2) is 103 Å². The molecule has 2 saturated carbocycles. The van der Waals surface area contributed by atoms with Crippen LogP contribution in [0.15, 0.2) is 227 Å². The van der Waals surface area contributed by atoms with E-state index in [1.54, 1.807) is 18.2 Å². The number of fused-ring (bicyclic) bond motifs is 10. The maximum atomic E-state index is 15.2. The van der Waals surface area contributed by atoms with Crippen molar-refractivity contribution in [3.05, 3.63) is 266 Å². The number of carbonyl (C=O) groups excluding carboxylic acids is 2. The highest BCUT2D eigenvalue weighted by Crippen LogP contribution is 2.58. The molecule has 652 valence electrons. The zero-order valence-corrected chi connectivity index (χ0v) is 73.4. The molecule has 128 heavy (non-hydrogen) atoms. The Balaban J connectivity index is 0.000000161. The molecule has 12 aromatic rings. The third kappa shape index (κ3) is 14.3. The van der Waals surface area contributed by atoms with Gasteiger partial charge in [-0.25, -0.2) is 4.99 Å². The second kappa shape index (κ2) is 31.7. The van der Waals surface area contributed by atoms with Crippen LogP contribution in [0.4, 0.5) is 34.1 Å². The van der Waals surface area contributed by atoms with Crippen molar-refractivity contribution >= 4 is 153 Å². The zero-order chi connectivity index (χ0) is 89.6. The van der Waals surface area contributed by atoms with E-state index in [2.05, 4.69) is 121 Å². The van der Waals surface area contributed by atoms with Gasteiger partial charge in [-0.2, -0.15) is 16.8 Å². The molecule has 0 aromatic heterocycles. The molecule has 2 fully saturated rings. The predicted octanol–water partition coefficient (Wildman–Crippen LogP) is 15.7. The fraction of sp³-hybridized carbons (Fsp3) is 0.265. The second-order valence-corrected chi connectivity index (χ2v) is 39.0. The van der Waals surface area contributed by atoms with Crippen LogP contribution in [0.3, 0.4) is 0 Å². The highest BCUT2D eigenvalue weighted by atomic mass is 32.2. The molecule has 0 bridgehead atoms. The van der Waals surface area contributed by atoms with E-state index in [1.807, 2.05) is 121 Å². The summed E-state index contributed by atoms with van der Waals surface area (Å²) in [6, 6.07) is 65.1. The van der Waals surface area contributed by atoms with Crippen LogP contribution in [0, 0.1) is 23.7 Å². The standard InChI is InChI=1S/C58H46N4O7S.C40H42N4O5S.2O3S/c1-2-3-28-68-35-22-26-39-37-14-4-6-16-43(37)57(45(39)31-35)59-47-18-10-12-33-20-24-41(53(61-57)49(33)47)51-55(63)52(56(51)64)42-25-21-34-13-11-19-48-50(34)54(42)62-58(60-48)44-17-7-5-15-38(44)40-27-23-36(32-46(40)58)69-29-8-9-30-70(65,66)67;1-20-14-21(2)17-39(16-20)41-28-7-5-6-24-8-9-26(35(43-39)31(24)28)33-37(45)34(38(33)46)27-11-10-25-30(50(47,48)49)13-12-29-32(25)36(27)44-40(42-29)18-22(3)15-23(4)19-40;2*1-4(2)3/h4-7,10-27,31-32,59-60,62-63H,2-3,8-9,28-30H2,1H3,(H,65,66,67);5-13,20-23,41-43,45H,14-19H2,1-4H3,(H,47,48,49);;. The molecule has 10 aliphatic rings. The number of hydrogen-bond donors (Lipinski definition) is 10. The molecule has 10 N–H and O–H groups in total. The van der Waals surface area contributed by atoms with Gasteiger partial charge in [0.15, 0.2) is 11.3 Å². The summed E-state index contributed by atoms with van der Waals surface area (Å²) in [5, 5.41) is 56.1. The lowest BCUT2D eigenvalue weighted by Gasteiger charge is -2.48. The topological polar surface area (TPSA) is 401 Å².